The summed E-state index contributed by atoms with van der Waals surface area (Å²) in [5.41, 5.74) is 0.962. The standard InChI is InChI=1S/C14H23P3.C10H15.F6P.Fe/c1-13-12-17(14-6-3-2-4-7-14)11-5-8-15-9-10-16-13;1-6-7(2)9(4)10(5)8(6)3;1-7(2,3,4,5)6;/h2-4,6-7,13,15-16H,5,8-12H2,1H3;1-5H3;;/q;;-1;+2. The van der Waals surface area contributed by atoms with Gasteiger partial charge in [0.25, 0.3) is 0 Å². The first-order valence-corrected chi connectivity index (χ1v) is 17.8. The number of benzene rings is 1. The second-order valence-corrected chi connectivity index (χ2v) is 16.5. The van der Waals surface area contributed by atoms with Crippen LogP contribution in [0.2, 0.25) is 0 Å². The van der Waals surface area contributed by atoms with Crippen molar-refractivity contribution in [2.24, 2.45) is 0 Å². The number of hydrogen-bond acceptors (Lipinski definition) is 0. The van der Waals surface area contributed by atoms with Gasteiger partial charge in [0.15, 0.2) is 0 Å². The third-order valence-corrected chi connectivity index (χ3v) is 12.5. The van der Waals surface area contributed by atoms with Gasteiger partial charge in [-0.25, -0.2) is 0 Å². The summed E-state index contributed by atoms with van der Waals surface area (Å²) < 4.78 is 59.2. The van der Waals surface area contributed by atoms with Crippen molar-refractivity contribution in [3.63, 3.8) is 0 Å². The zero-order valence-corrected chi connectivity index (χ0v) is 26.1. The van der Waals surface area contributed by atoms with Gasteiger partial charge in [0.1, 0.15) is 0 Å². The first-order chi connectivity index (χ1) is 15.4. The topological polar surface area (TPSA) is 0 Å². The van der Waals surface area contributed by atoms with Gasteiger partial charge in [0.05, 0.1) is 0 Å². The van der Waals surface area contributed by atoms with Crippen LogP contribution in [0.4, 0.5) is 25.2 Å². The molecule has 11 heteroatoms. The van der Waals surface area contributed by atoms with Crippen molar-refractivity contribution < 1.29 is 42.3 Å². The second-order valence-electron chi connectivity index (χ2n) is 8.82. The Morgan fingerprint density at radius 1 is 0.743 bits per heavy atom. The van der Waals surface area contributed by atoms with Crippen molar-refractivity contribution in [2.45, 2.75) is 53.6 Å². The van der Waals surface area contributed by atoms with Crippen LogP contribution in [0.3, 0.4) is 0 Å². The molecule has 2 aliphatic rings. The zero-order valence-electron chi connectivity index (χ0n) is 21.2. The molecule has 1 saturated carbocycles. The average Bonchev–Trinajstić information content (AvgIpc) is 2.89. The Bertz CT molecular complexity index is 663. The van der Waals surface area contributed by atoms with Crippen LogP contribution in [0.1, 0.15) is 48.0 Å². The van der Waals surface area contributed by atoms with Crippen molar-refractivity contribution in [2.75, 3.05) is 30.8 Å². The largest absolute Gasteiger partial charge is 2.00 e. The molecule has 5 radical (unpaired) electrons. The van der Waals surface area contributed by atoms with Crippen molar-refractivity contribution in [3.8, 4) is 0 Å². The van der Waals surface area contributed by atoms with Gasteiger partial charge in [-0.3, -0.25) is 0 Å². The number of hydrogen-bond donors (Lipinski definition) is 0. The second kappa shape index (κ2) is 14.4. The smallest absolute Gasteiger partial charge is 2.00 e. The summed E-state index contributed by atoms with van der Waals surface area (Å²) in [6.45, 7) is 13.5. The van der Waals surface area contributed by atoms with Gasteiger partial charge in [0, 0.05) is 0 Å². The van der Waals surface area contributed by atoms with Crippen LogP contribution in [0.5, 0.6) is 0 Å². The van der Waals surface area contributed by atoms with E-state index in [2.05, 4.69) is 71.9 Å². The predicted octanol–water partition coefficient (Wildman–Crippen LogP) is 10.3. The van der Waals surface area contributed by atoms with E-state index in [1.165, 1.54) is 84.0 Å². The van der Waals surface area contributed by atoms with Crippen LogP contribution in [0, 0.1) is 29.6 Å². The summed E-state index contributed by atoms with van der Waals surface area (Å²) >= 11 is 0. The average molecular weight is 620 g/mol. The fraction of sp³-hybridized carbons (Fsp3) is 0.542. The number of rotatable bonds is 1. The Labute approximate surface area is 224 Å². The van der Waals surface area contributed by atoms with Crippen LogP contribution in [0.15, 0.2) is 30.3 Å². The minimum atomic E-state index is -10.7. The first-order valence-electron chi connectivity index (χ1n) is 11.4. The molecule has 0 amide bonds. The van der Waals surface area contributed by atoms with Crippen molar-refractivity contribution in [3.05, 3.63) is 59.9 Å². The molecular weight excluding hydrogens is 582 g/mol. The third kappa shape index (κ3) is 17.3. The SMILES string of the molecule is CC1CP(c2ccccc2)CCCPCCP1.C[C]1[C](C)[C](C)[C](C)[C]1C.F[P-](F)(F)(F)(F)F.[Fe+2]. The van der Waals surface area contributed by atoms with Gasteiger partial charge in [-0.1, -0.05) is 79.8 Å². The molecule has 0 N–H and O–H groups in total. The molecule has 0 bridgehead atoms. The van der Waals surface area contributed by atoms with E-state index in [1.807, 2.05) is 0 Å². The van der Waals surface area contributed by atoms with E-state index in [0.717, 1.165) is 5.66 Å². The van der Waals surface area contributed by atoms with Crippen LogP contribution >= 0.6 is 32.9 Å². The maximum absolute atomic E-state index is 10.7. The normalized spacial score (nSPS) is 27.5. The Hall–Kier alpha value is 1.04. The molecule has 1 aromatic rings. The van der Waals surface area contributed by atoms with Crippen molar-refractivity contribution in [1.82, 2.24) is 0 Å². The van der Waals surface area contributed by atoms with E-state index in [1.54, 1.807) is 5.30 Å². The maximum atomic E-state index is 9.87. The van der Waals surface area contributed by atoms with Gasteiger partial charge < -0.3 is 0 Å². The summed E-state index contributed by atoms with van der Waals surface area (Å²) in [5, 5.41) is 1.64. The van der Waals surface area contributed by atoms with E-state index in [4.69, 9.17) is 0 Å². The molecular formula is C24H38F6FeP4+. The quantitative estimate of drug-likeness (QED) is 0.167. The molecule has 1 heterocycles. The van der Waals surface area contributed by atoms with Gasteiger partial charge in [-0.05, 0) is 77.8 Å². The molecule has 1 saturated heterocycles. The van der Waals surface area contributed by atoms with Crippen LogP contribution in [-0.4, -0.2) is 36.5 Å². The van der Waals surface area contributed by atoms with E-state index in [0.29, 0.717) is 0 Å². The maximum Gasteiger partial charge on any atom is 2.00 e. The minimum absolute atomic E-state index is 0. The molecule has 4 atom stereocenters. The van der Waals surface area contributed by atoms with E-state index in [-0.39, 0.29) is 25.0 Å². The fourth-order valence-corrected chi connectivity index (χ4v) is 10.1. The van der Waals surface area contributed by atoms with Crippen LogP contribution in [0.25, 0.3) is 0 Å². The summed E-state index contributed by atoms with van der Waals surface area (Å²) in [5.74, 6) is 7.34. The van der Waals surface area contributed by atoms with Crippen LogP contribution in [-0.2, 0) is 17.1 Å². The molecule has 0 aromatic heterocycles. The van der Waals surface area contributed by atoms with Gasteiger partial charge in [-0.2, -0.15) is 0 Å². The first kappa shape index (κ1) is 36.0. The summed E-state index contributed by atoms with van der Waals surface area (Å²) in [4.78, 5) is 0. The molecule has 2 fully saturated rings. The number of halogens is 6. The fourth-order valence-electron chi connectivity index (χ4n) is 3.69. The molecule has 1 aromatic carbocycles. The van der Waals surface area contributed by atoms with Crippen molar-refractivity contribution in [1.29, 1.82) is 0 Å². The molecule has 203 valence electrons. The Morgan fingerprint density at radius 3 is 1.60 bits per heavy atom. The van der Waals surface area contributed by atoms with Gasteiger partial charge in [0.2, 0.25) is 0 Å². The zero-order chi connectivity index (χ0) is 26.2. The van der Waals surface area contributed by atoms with Crippen molar-refractivity contribution >= 4 is 38.2 Å². The minimum Gasteiger partial charge on any atom is 2.00 e. The van der Waals surface area contributed by atoms with E-state index < -0.39 is 7.81 Å². The third-order valence-electron chi connectivity index (χ3n) is 6.00. The van der Waals surface area contributed by atoms with Gasteiger partial charge >= 0.3 is 50.1 Å². The Balaban J connectivity index is 0.000000549. The molecule has 0 spiro atoms. The molecule has 4 unspecified atom stereocenters. The summed E-state index contributed by atoms with van der Waals surface area (Å²) in [7, 11) is -8.08. The van der Waals surface area contributed by atoms with Crippen LogP contribution < -0.4 is 5.30 Å². The monoisotopic (exact) mass is 620 g/mol. The van der Waals surface area contributed by atoms with E-state index >= 15 is 0 Å². The molecule has 3 rings (SSSR count). The molecule has 35 heavy (non-hydrogen) atoms. The van der Waals surface area contributed by atoms with Gasteiger partial charge in [-0.15, -0.1) is 17.2 Å². The molecule has 1 aliphatic heterocycles. The Kier molecular flexibility index (Phi) is 14.9. The summed E-state index contributed by atoms with van der Waals surface area (Å²) in [6.07, 6.45) is 8.91. The summed E-state index contributed by atoms with van der Waals surface area (Å²) in [6, 6.07) is 11.3. The van der Waals surface area contributed by atoms with E-state index in [9.17, 15) is 25.2 Å². The predicted molar refractivity (Wildman–Crippen MR) is 146 cm³/mol. The molecule has 1 aliphatic carbocycles. The Morgan fingerprint density at radius 2 is 1.17 bits per heavy atom. The molecule has 0 nitrogen and oxygen atoms in total.